The molecule has 0 aliphatic rings. The molecule has 0 spiro atoms. The first-order chi connectivity index (χ1) is 15.5. The Morgan fingerprint density at radius 3 is 2.47 bits per heavy atom. The van der Waals surface area contributed by atoms with Gasteiger partial charge in [0.15, 0.2) is 6.61 Å². The van der Waals surface area contributed by atoms with Gasteiger partial charge in [0, 0.05) is 23.0 Å². The van der Waals surface area contributed by atoms with Crippen LogP contribution in [-0.4, -0.2) is 21.9 Å². The Labute approximate surface area is 189 Å². The second kappa shape index (κ2) is 9.53. The summed E-state index contributed by atoms with van der Waals surface area (Å²) in [5, 5.41) is 3.36. The molecule has 4 aromatic rings. The molecule has 0 saturated heterocycles. The van der Waals surface area contributed by atoms with Crippen LogP contribution in [0.3, 0.4) is 0 Å². The fraction of sp³-hybridized carbons (Fsp3) is 0.125. The van der Waals surface area contributed by atoms with Crippen LogP contribution < -0.4 is 20.3 Å². The lowest BCUT2D eigenvalue weighted by atomic mass is 10.3. The third-order valence-corrected chi connectivity index (χ3v) is 4.90. The largest absolute Gasteiger partial charge is 0.487 e. The molecule has 0 aliphatic carbocycles. The number of anilines is 1. The SMILES string of the molecule is Cc1cccn2c(=O)cc(COc3ccc(NC(=O)COc4ccc(Cl)cc4)cc3)nc12. The highest BCUT2D eigenvalue weighted by molar-refractivity contribution is 6.30. The molecular formula is C24H20ClN3O4. The first-order valence-electron chi connectivity index (χ1n) is 9.87. The molecule has 0 aliphatic heterocycles. The van der Waals surface area contributed by atoms with E-state index < -0.39 is 0 Å². The van der Waals surface area contributed by atoms with Crippen LogP contribution in [0.2, 0.25) is 5.02 Å². The van der Waals surface area contributed by atoms with Crippen LogP contribution in [0.1, 0.15) is 11.3 Å². The van der Waals surface area contributed by atoms with Crippen LogP contribution in [0.5, 0.6) is 11.5 Å². The number of fused-ring (bicyclic) bond motifs is 1. The Morgan fingerprint density at radius 2 is 1.72 bits per heavy atom. The number of amides is 1. The molecule has 0 radical (unpaired) electrons. The third kappa shape index (κ3) is 5.25. The van der Waals surface area contributed by atoms with Gasteiger partial charge in [0.2, 0.25) is 0 Å². The van der Waals surface area contributed by atoms with Gasteiger partial charge in [0.05, 0.1) is 5.69 Å². The van der Waals surface area contributed by atoms with Gasteiger partial charge in [0.25, 0.3) is 11.5 Å². The number of pyridine rings is 1. The predicted molar refractivity (Wildman–Crippen MR) is 123 cm³/mol. The summed E-state index contributed by atoms with van der Waals surface area (Å²) in [6.45, 7) is 1.93. The summed E-state index contributed by atoms with van der Waals surface area (Å²) in [6.07, 6.45) is 1.69. The van der Waals surface area contributed by atoms with Gasteiger partial charge in [-0.25, -0.2) is 4.98 Å². The molecule has 7 nitrogen and oxygen atoms in total. The van der Waals surface area contributed by atoms with Crippen molar-refractivity contribution in [2.45, 2.75) is 13.5 Å². The van der Waals surface area contributed by atoms with E-state index in [4.69, 9.17) is 21.1 Å². The molecule has 0 atom stereocenters. The highest BCUT2D eigenvalue weighted by atomic mass is 35.5. The zero-order valence-electron chi connectivity index (χ0n) is 17.2. The van der Waals surface area contributed by atoms with Crippen LogP contribution in [0.15, 0.2) is 77.7 Å². The lowest BCUT2D eigenvalue weighted by Crippen LogP contribution is -2.20. The van der Waals surface area contributed by atoms with E-state index in [9.17, 15) is 9.59 Å². The smallest absolute Gasteiger partial charge is 0.262 e. The van der Waals surface area contributed by atoms with E-state index in [0.717, 1.165) is 5.56 Å². The fourth-order valence-electron chi connectivity index (χ4n) is 3.05. The maximum Gasteiger partial charge on any atom is 0.262 e. The van der Waals surface area contributed by atoms with Crippen molar-refractivity contribution in [2.75, 3.05) is 11.9 Å². The number of carbonyl (C=O) groups excluding carboxylic acids is 1. The van der Waals surface area contributed by atoms with Crippen LogP contribution in [-0.2, 0) is 11.4 Å². The van der Waals surface area contributed by atoms with Crippen molar-refractivity contribution < 1.29 is 14.3 Å². The zero-order chi connectivity index (χ0) is 22.5. The minimum Gasteiger partial charge on any atom is -0.487 e. The van der Waals surface area contributed by atoms with Crippen LogP contribution >= 0.6 is 11.6 Å². The number of carbonyl (C=O) groups is 1. The number of benzene rings is 2. The standard InChI is InChI=1S/C24H20ClN3O4/c1-16-3-2-12-28-23(30)13-19(27-24(16)28)14-31-21-10-6-18(7-11-21)26-22(29)15-32-20-8-4-17(25)5-9-20/h2-13H,14-15H2,1H3,(H,26,29). The molecule has 0 fully saturated rings. The van der Waals surface area contributed by atoms with E-state index in [1.54, 1.807) is 54.7 Å². The summed E-state index contributed by atoms with van der Waals surface area (Å²) in [6, 6.07) is 18.9. The minimum absolute atomic E-state index is 0.123. The van der Waals surface area contributed by atoms with E-state index in [-0.39, 0.29) is 24.7 Å². The van der Waals surface area contributed by atoms with Gasteiger partial charge >= 0.3 is 0 Å². The molecule has 0 unspecified atom stereocenters. The van der Waals surface area contributed by atoms with Crippen LogP contribution in [0, 0.1) is 6.92 Å². The first-order valence-corrected chi connectivity index (χ1v) is 10.2. The van der Waals surface area contributed by atoms with Gasteiger partial charge in [-0.05, 0) is 67.1 Å². The Bertz CT molecular complexity index is 1300. The molecule has 0 saturated carbocycles. The van der Waals surface area contributed by atoms with Gasteiger partial charge < -0.3 is 14.8 Å². The van der Waals surface area contributed by atoms with Crippen LogP contribution in [0.4, 0.5) is 5.69 Å². The molecule has 2 heterocycles. The Hall–Kier alpha value is -3.84. The van der Waals surface area contributed by atoms with E-state index in [0.29, 0.717) is 33.6 Å². The maximum absolute atomic E-state index is 12.3. The Morgan fingerprint density at radius 1 is 1.03 bits per heavy atom. The van der Waals surface area contributed by atoms with Gasteiger partial charge in [-0.2, -0.15) is 0 Å². The highest BCUT2D eigenvalue weighted by Crippen LogP contribution is 2.18. The molecule has 2 aromatic heterocycles. The Kier molecular flexibility index (Phi) is 6.37. The van der Waals surface area contributed by atoms with Crippen molar-refractivity contribution in [2.24, 2.45) is 0 Å². The normalized spacial score (nSPS) is 10.7. The predicted octanol–water partition coefficient (Wildman–Crippen LogP) is 4.25. The monoisotopic (exact) mass is 449 g/mol. The summed E-state index contributed by atoms with van der Waals surface area (Å²) in [7, 11) is 0. The van der Waals surface area contributed by atoms with Crippen molar-refractivity contribution in [1.29, 1.82) is 0 Å². The van der Waals surface area contributed by atoms with Crippen molar-refractivity contribution >= 4 is 28.8 Å². The first kappa shape index (κ1) is 21.4. The second-order valence-electron chi connectivity index (χ2n) is 7.07. The number of halogens is 1. The summed E-state index contributed by atoms with van der Waals surface area (Å²) < 4.78 is 12.7. The van der Waals surface area contributed by atoms with E-state index in [1.165, 1.54) is 10.5 Å². The second-order valence-corrected chi connectivity index (χ2v) is 7.51. The van der Waals surface area contributed by atoms with Crippen molar-refractivity contribution in [1.82, 2.24) is 9.38 Å². The maximum atomic E-state index is 12.3. The number of hydrogen-bond donors (Lipinski definition) is 1. The van der Waals surface area contributed by atoms with Crippen molar-refractivity contribution in [3.05, 3.63) is 99.6 Å². The molecule has 4 rings (SSSR count). The fourth-order valence-corrected chi connectivity index (χ4v) is 3.18. The molecule has 2 aromatic carbocycles. The highest BCUT2D eigenvalue weighted by Gasteiger charge is 2.07. The average Bonchev–Trinajstić information content (AvgIpc) is 2.79. The third-order valence-electron chi connectivity index (χ3n) is 4.65. The number of nitrogens with one attached hydrogen (secondary N) is 1. The zero-order valence-corrected chi connectivity index (χ0v) is 18.0. The summed E-state index contributed by atoms with van der Waals surface area (Å²) in [5.41, 5.74) is 2.51. The number of nitrogens with zero attached hydrogens (tertiary/aromatic N) is 2. The number of rotatable bonds is 7. The van der Waals surface area contributed by atoms with Gasteiger partial charge in [-0.1, -0.05) is 17.7 Å². The van der Waals surface area contributed by atoms with E-state index >= 15 is 0 Å². The number of aryl methyl sites for hydroxylation is 1. The Balaban J connectivity index is 1.32. The molecule has 0 bridgehead atoms. The molecule has 8 heteroatoms. The number of aromatic nitrogens is 2. The summed E-state index contributed by atoms with van der Waals surface area (Å²) in [4.78, 5) is 28.9. The average molecular weight is 450 g/mol. The molecule has 1 amide bonds. The number of ether oxygens (including phenoxy) is 2. The van der Waals surface area contributed by atoms with Gasteiger partial charge in [-0.3, -0.25) is 14.0 Å². The minimum atomic E-state index is -0.287. The summed E-state index contributed by atoms with van der Waals surface area (Å²) in [5.74, 6) is 0.863. The summed E-state index contributed by atoms with van der Waals surface area (Å²) >= 11 is 5.82. The quantitative estimate of drug-likeness (QED) is 0.456. The molecule has 32 heavy (non-hydrogen) atoms. The lowest BCUT2D eigenvalue weighted by Gasteiger charge is -2.10. The van der Waals surface area contributed by atoms with E-state index in [1.807, 2.05) is 19.1 Å². The lowest BCUT2D eigenvalue weighted by molar-refractivity contribution is -0.118. The molecule has 1 N–H and O–H groups in total. The van der Waals surface area contributed by atoms with Crippen molar-refractivity contribution in [3.8, 4) is 11.5 Å². The molecule has 162 valence electrons. The topological polar surface area (TPSA) is 81.9 Å². The molecular weight excluding hydrogens is 430 g/mol. The van der Waals surface area contributed by atoms with Crippen LogP contribution in [0.25, 0.3) is 5.65 Å². The van der Waals surface area contributed by atoms with Gasteiger partial charge in [-0.15, -0.1) is 0 Å². The van der Waals surface area contributed by atoms with Crippen molar-refractivity contribution in [3.63, 3.8) is 0 Å². The van der Waals surface area contributed by atoms with Gasteiger partial charge in [0.1, 0.15) is 23.8 Å². The number of hydrogen-bond acceptors (Lipinski definition) is 5. The van der Waals surface area contributed by atoms with E-state index in [2.05, 4.69) is 10.3 Å².